The van der Waals surface area contributed by atoms with Gasteiger partial charge in [0.05, 0.1) is 0 Å². The molecule has 2 rings (SSSR count). The van der Waals surface area contributed by atoms with Gasteiger partial charge in [0, 0.05) is 23.7 Å². The highest BCUT2D eigenvalue weighted by Crippen LogP contribution is 2.27. The van der Waals surface area contributed by atoms with Crippen LogP contribution in [0.15, 0.2) is 24.3 Å². The Labute approximate surface area is 128 Å². The van der Waals surface area contributed by atoms with E-state index in [9.17, 15) is 0 Å². The maximum atomic E-state index is 6.11. The summed E-state index contributed by atoms with van der Waals surface area (Å²) in [5, 5.41) is 4.41. The molecule has 1 fully saturated rings. The van der Waals surface area contributed by atoms with Crippen molar-refractivity contribution in [2.75, 3.05) is 19.6 Å². The average molecular weight is 295 g/mol. The molecule has 1 heterocycles. The van der Waals surface area contributed by atoms with Gasteiger partial charge in [-0.2, -0.15) is 0 Å². The van der Waals surface area contributed by atoms with E-state index in [4.69, 9.17) is 11.6 Å². The standard InChI is InChI=1S/C17H27ClN2/c1-13(2)19-11-15-6-5-9-20(12-15)14(3)16-7-4-8-17(18)10-16/h4,7-8,10,13-15,19H,5-6,9,11-12H2,1-3H3. The fraction of sp³-hybridized carbons (Fsp3) is 0.647. The molecule has 1 aliphatic heterocycles. The molecule has 2 unspecified atom stereocenters. The van der Waals surface area contributed by atoms with Gasteiger partial charge in [-0.1, -0.05) is 37.6 Å². The highest BCUT2D eigenvalue weighted by molar-refractivity contribution is 6.30. The van der Waals surface area contributed by atoms with Crippen LogP contribution < -0.4 is 5.32 Å². The van der Waals surface area contributed by atoms with E-state index >= 15 is 0 Å². The minimum atomic E-state index is 0.454. The summed E-state index contributed by atoms with van der Waals surface area (Å²) in [7, 11) is 0. The summed E-state index contributed by atoms with van der Waals surface area (Å²) in [4.78, 5) is 2.60. The SMILES string of the molecule is CC(C)NCC1CCCN(C(C)c2cccc(Cl)c2)C1. The third-order valence-electron chi connectivity index (χ3n) is 4.24. The Morgan fingerprint density at radius 2 is 2.15 bits per heavy atom. The van der Waals surface area contributed by atoms with Gasteiger partial charge >= 0.3 is 0 Å². The van der Waals surface area contributed by atoms with Crippen molar-refractivity contribution >= 4 is 11.6 Å². The topological polar surface area (TPSA) is 15.3 Å². The molecule has 2 atom stereocenters. The summed E-state index contributed by atoms with van der Waals surface area (Å²) >= 11 is 6.11. The van der Waals surface area contributed by atoms with Crippen LogP contribution in [0.4, 0.5) is 0 Å². The van der Waals surface area contributed by atoms with E-state index in [-0.39, 0.29) is 0 Å². The molecular weight excluding hydrogens is 268 g/mol. The second kappa shape index (κ2) is 7.44. The first-order valence-corrected chi connectivity index (χ1v) is 8.17. The Balaban J connectivity index is 1.94. The largest absolute Gasteiger partial charge is 0.314 e. The fourth-order valence-corrected chi connectivity index (χ4v) is 3.19. The predicted molar refractivity (Wildman–Crippen MR) is 87.3 cm³/mol. The van der Waals surface area contributed by atoms with Crippen molar-refractivity contribution in [3.63, 3.8) is 0 Å². The zero-order valence-corrected chi connectivity index (χ0v) is 13.7. The lowest BCUT2D eigenvalue weighted by Gasteiger charge is -2.37. The molecule has 2 nitrogen and oxygen atoms in total. The van der Waals surface area contributed by atoms with E-state index in [1.807, 2.05) is 6.07 Å². The van der Waals surface area contributed by atoms with Crippen molar-refractivity contribution in [2.24, 2.45) is 5.92 Å². The second-order valence-electron chi connectivity index (χ2n) is 6.30. The smallest absolute Gasteiger partial charge is 0.0409 e. The number of likely N-dealkylation sites (tertiary alicyclic amines) is 1. The van der Waals surface area contributed by atoms with Gasteiger partial charge in [0.2, 0.25) is 0 Å². The summed E-state index contributed by atoms with van der Waals surface area (Å²) in [6.45, 7) is 10.3. The number of nitrogens with zero attached hydrogens (tertiary/aromatic N) is 1. The van der Waals surface area contributed by atoms with Crippen LogP contribution in [-0.2, 0) is 0 Å². The molecular formula is C17H27ClN2. The molecule has 1 aromatic carbocycles. The van der Waals surface area contributed by atoms with E-state index in [0.717, 1.165) is 17.5 Å². The normalized spacial score (nSPS) is 22.1. The number of hydrogen-bond acceptors (Lipinski definition) is 2. The quantitative estimate of drug-likeness (QED) is 0.879. The third-order valence-corrected chi connectivity index (χ3v) is 4.48. The van der Waals surface area contributed by atoms with Crippen LogP contribution in [-0.4, -0.2) is 30.6 Å². The van der Waals surface area contributed by atoms with Crippen molar-refractivity contribution in [3.05, 3.63) is 34.9 Å². The van der Waals surface area contributed by atoms with Gasteiger partial charge < -0.3 is 5.32 Å². The lowest BCUT2D eigenvalue weighted by molar-refractivity contribution is 0.129. The third kappa shape index (κ3) is 4.47. The number of halogens is 1. The molecule has 0 radical (unpaired) electrons. The Morgan fingerprint density at radius 1 is 1.35 bits per heavy atom. The lowest BCUT2D eigenvalue weighted by Crippen LogP contribution is -2.41. The minimum absolute atomic E-state index is 0.454. The molecule has 20 heavy (non-hydrogen) atoms. The Kier molecular flexibility index (Phi) is 5.88. The van der Waals surface area contributed by atoms with Gasteiger partial charge in [-0.25, -0.2) is 0 Å². The zero-order valence-electron chi connectivity index (χ0n) is 12.9. The Hall–Kier alpha value is -0.570. The molecule has 0 spiro atoms. The summed E-state index contributed by atoms with van der Waals surface area (Å²) in [5.41, 5.74) is 1.33. The van der Waals surface area contributed by atoms with Crippen molar-refractivity contribution in [2.45, 2.75) is 45.7 Å². The molecule has 0 amide bonds. The maximum Gasteiger partial charge on any atom is 0.0409 e. The number of benzene rings is 1. The van der Waals surface area contributed by atoms with Crippen LogP contribution in [0, 0.1) is 5.92 Å². The first-order valence-electron chi connectivity index (χ1n) is 7.79. The summed E-state index contributed by atoms with van der Waals surface area (Å²) in [6.07, 6.45) is 2.65. The molecule has 1 saturated heterocycles. The van der Waals surface area contributed by atoms with Crippen LogP contribution in [0.1, 0.15) is 45.2 Å². The summed E-state index contributed by atoms with van der Waals surface area (Å²) in [6, 6.07) is 9.32. The van der Waals surface area contributed by atoms with Crippen LogP contribution in [0.5, 0.6) is 0 Å². The number of rotatable bonds is 5. The molecule has 0 saturated carbocycles. The van der Waals surface area contributed by atoms with E-state index < -0.39 is 0 Å². The maximum absolute atomic E-state index is 6.11. The predicted octanol–water partition coefficient (Wildman–Crippen LogP) is 4.11. The van der Waals surface area contributed by atoms with Crippen LogP contribution in [0.25, 0.3) is 0 Å². The van der Waals surface area contributed by atoms with Gasteiger partial charge in [-0.15, -0.1) is 0 Å². The van der Waals surface area contributed by atoms with Crippen molar-refractivity contribution in [1.82, 2.24) is 10.2 Å². The van der Waals surface area contributed by atoms with E-state index in [1.165, 1.54) is 31.5 Å². The zero-order chi connectivity index (χ0) is 14.5. The molecule has 0 bridgehead atoms. The first kappa shape index (κ1) is 15.8. The summed E-state index contributed by atoms with van der Waals surface area (Å²) in [5.74, 6) is 0.771. The summed E-state index contributed by atoms with van der Waals surface area (Å²) < 4.78 is 0. The molecule has 112 valence electrons. The minimum Gasteiger partial charge on any atom is -0.314 e. The van der Waals surface area contributed by atoms with E-state index in [2.05, 4.69) is 49.2 Å². The van der Waals surface area contributed by atoms with Gasteiger partial charge in [-0.05, 0) is 56.5 Å². The highest BCUT2D eigenvalue weighted by Gasteiger charge is 2.24. The van der Waals surface area contributed by atoms with Crippen LogP contribution in [0.2, 0.25) is 5.02 Å². The van der Waals surface area contributed by atoms with Gasteiger partial charge in [-0.3, -0.25) is 4.90 Å². The van der Waals surface area contributed by atoms with Crippen molar-refractivity contribution in [1.29, 1.82) is 0 Å². The van der Waals surface area contributed by atoms with Gasteiger partial charge in [0.25, 0.3) is 0 Å². The van der Waals surface area contributed by atoms with Crippen LogP contribution in [0.3, 0.4) is 0 Å². The highest BCUT2D eigenvalue weighted by atomic mass is 35.5. The molecule has 0 aromatic heterocycles. The first-order chi connectivity index (χ1) is 9.56. The molecule has 1 aromatic rings. The van der Waals surface area contributed by atoms with Gasteiger partial charge in [0.15, 0.2) is 0 Å². The Bertz CT molecular complexity index is 419. The molecule has 1 aliphatic rings. The van der Waals surface area contributed by atoms with Crippen molar-refractivity contribution in [3.8, 4) is 0 Å². The average Bonchev–Trinajstić information content (AvgIpc) is 2.44. The number of piperidine rings is 1. The second-order valence-corrected chi connectivity index (χ2v) is 6.73. The Morgan fingerprint density at radius 3 is 2.85 bits per heavy atom. The van der Waals surface area contributed by atoms with Crippen LogP contribution >= 0.6 is 11.6 Å². The molecule has 1 N–H and O–H groups in total. The number of hydrogen-bond donors (Lipinski definition) is 1. The lowest BCUT2D eigenvalue weighted by atomic mass is 9.95. The van der Waals surface area contributed by atoms with Gasteiger partial charge in [0.1, 0.15) is 0 Å². The monoisotopic (exact) mass is 294 g/mol. The molecule has 3 heteroatoms. The fourth-order valence-electron chi connectivity index (χ4n) is 3.00. The van der Waals surface area contributed by atoms with E-state index in [0.29, 0.717) is 12.1 Å². The number of nitrogens with one attached hydrogen (secondary N) is 1. The van der Waals surface area contributed by atoms with E-state index in [1.54, 1.807) is 0 Å². The van der Waals surface area contributed by atoms with Crippen molar-refractivity contribution < 1.29 is 0 Å². The molecule has 0 aliphatic carbocycles.